The lowest BCUT2D eigenvalue weighted by atomic mass is 10.1. The summed E-state index contributed by atoms with van der Waals surface area (Å²) in [6.07, 6.45) is 5.37. The number of hydrogen-bond donors (Lipinski definition) is 1. The van der Waals surface area contributed by atoms with Crippen molar-refractivity contribution in [3.05, 3.63) is 54.4 Å². The van der Waals surface area contributed by atoms with Crippen LogP contribution in [-0.2, 0) is 16.0 Å². The van der Waals surface area contributed by atoms with Crippen LogP contribution in [0.25, 0.3) is 0 Å². The van der Waals surface area contributed by atoms with Gasteiger partial charge in [-0.05, 0) is 36.6 Å². The van der Waals surface area contributed by atoms with Gasteiger partial charge < -0.3 is 10.2 Å². The fourth-order valence-electron chi connectivity index (χ4n) is 2.64. The molecule has 0 spiro atoms. The highest BCUT2D eigenvalue weighted by Gasteiger charge is 2.23. The highest BCUT2D eigenvalue weighted by Crippen LogP contribution is 2.26. The molecule has 1 aliphatic rings. The van der Waals surface area contributed by atoms with E-state index >= 15 is 0 Å². The van der Waals surface area contributed by atoms with Gasteiger partial charge in [0.2, 0.25) is 11.8 Å². The molecule has 0 unspecified atom stereocenters. The highest BCUT2D eigenvalue weighted by molar-refractivity contribution is 6.03. The Balaban J connectivity index is 1.78. The molecule has 1 aromatic carbocycles. The number of amides is 2. The minimum atomic E-state index is -0.224. The van der Waals surface area contributed by atoms with Crippen LogP contribution in [0.3, 0.4) is 0 Å². The van der Waals surface area contributed by atoms with E-state index in [9.17, 15) is 9.59 Å². The second kappa shape index (κ2) is 6.39. The van der Waals surface area contributed by atoms with Crippen LogP contribution in [0.15, 0.2) is 48.8 Å². The molecule has 2 heterocycles. The molecule has 0 aliphatic carbocycles. The van der Waals surface area contributed by atoms with Crippen LogP contribution < -0.4 is 10.2 Å². The Bertz CT molecular complexity index is 685. The van der Waals surface area contributed by atoms with Crippen LogP contribution in [0, 0.1) is 0 Å². The zero-order valence-corrected chi connectivity index (χ0v) is 12.2. The van der Waals surface area contributed by atoms with Gasteiger partial charge in [0, 0.05) is 18.3 Å². The third-order valence-corrected chi connectivity index (χ3v) is 3.67. The summed E-state index contributed by atoms with van der Waals surface area (Å²) < 4.78 is 0. The molecule has 1 aliphatic heterocycles. The molecule has 2 amide bonds. The van der Waals surface area contributed by atoms with Crippen molar-refractivity contribution in [1.29, 1.82) is 0 Å². The van der Waals surface area contributed by atoms with E-state index in [1.54, 1.807) is 29.4 Å². The second-order valence-electron chi connectivity index (χ2n) is 5.25. The van der Waals surface area contributed by atoms with Crippen molar-refractivity contribution in [3.8, 4) is 0 Å². The number of hydrogen-bond acceptors (Lipinski definition) is 3. The van der Waals surface area contributed by atoms with Gasteiger partial charge in [-0.15, -0.1) is 0 Å². The lowest BCUT2D eigenvalue weighted by molar-refractivity contribution is -0.121. The van der Waals surface area contributed by atoms with Crippen molar-refractivity contribution >= 4 is 23.2 Å². The number of nitrogens with zero attached hydrogens (tertiary/aromatic N) is 2. The average Bonchev–Trinajstić information content (AvgIpc) is 2.68. The third-order valence-electron chi connectivity index (χ3n) is 3.67. The zero-order chi connectivity index (χ0) is 15.4. The summed E-state index contributed by atoms with van der Waals surface area (Å²) in [5.74, 6) is -0.232. The molecule has 22 heavy (non-hydrogen) atoms. The fourth-order valence-corrected chi connectivity index (χ4v) is 2.64. The van der Waals surface area contributed by atoms with Gasteiger partial charge in [0.15, 0.2) is 0 Å². The summed E-state index contributed by atoms with van der Waals surface area (Å²) in [7, 11) is 0. The zero-order valence-electron chi connectivity index (χ0n) is 12.2. The van der Waals surface area contributed by atoms with E-state index in [1.165, 1.54) is 0 Å². The Morgan fingerprint density at radius 3 is 2.86 bits per heavy atom. The molecular weight excluding hydrogens is 278 g/mol. The maximum atomic E-state index is 12.3. The van der Waals surface area contributed by atoms with Gasteiger partial charge in [0.1, 0.15) is 6.54 Å². The van der Waals surface area contributed by atoms with Gasteiger partial charge in [0.05, 0.1) is 11.9 Å². The van der Waals surface area contributed by atoms with Gasteiger partial charge >= 0.3 is 0 Å². The molecule has 5 nitrogen and oxygen atoms in total. The molecule has 5 heteroatoms. The molecular formula is C17H17N3O2. The Kier molecular flexibility index (Phi) is 4.14. The Morgan fingerprint density at radius 2 is 2.05 bits per heavy atom. The summed E-state index contributed by atoms with van der Waals surface area (Å²) in [6, 6.07) is 11.3. The minimum Gasteiger partial charge on any atom is -0.323 e. The largest absolute Gasteiger partial charge is 0.323 e. The van der Waals surface area contributed by atoms with Crippen LogP contribution in [-0.4, -0.2) is 23.3 Å². The van der Waals surface area contributed by atoms with Crippen LogP contribution >= 0.6 is 0 Å². The van der Waals surface area contributed by atoms with Crippen molar-refractivity contribution in [2.45, 2.75) is 19.3 Å². The molecule has 0 saturated heterocycles. The summed E-state index contributed by atoms with van der Waals surface area (Å²) in [4.78, 5) is 30.0. The number of para-hydroxylation sites is 1. The maximum absolute atomic E-state index is 12.3. The van der Waals surface area contributed by atoms with Crippen molar-refractivity contribution in [2.24, 2.45) is 0 Å². The molecule has 0 saturated carbocycles. The quantitative estimate of drug-likeness (QED) is 0.945. The van der Waals surface area contributed by atoms with E-state index in [0.29, 0.717) is 12.1 Å². The first-order valence-corrected chi connectivity index (χ1v) is 7.32. The van der Waals surface area contributed by atoms with Crippen molar-refractivity contribution in [2.75, 3.05) is 16.8 Å². The van der Waals surface area contributed by atoms with E-state index < -0.39 is 0 Å². The standard InChI is InChI=1S/C17H17N3O2/c21-16(19-14-7-4-10-18-11-14)12-20-15-8-2-1-5-13(15)6-3-9-17(20)22/h1-2,4-5,7-8,10-11H,3,6,9,12H2,(H,19,21). The lowest BCUT2D eigenvalue weighted by Gasteiger charge is -2.22. The summed E-state index contributed by atoms with van der Waals surface area (Å²) in [6.45, 7) is 0.0186. The van der Waals surface area contributed by atoms with Gasteiger partial charge in [-0.3, -0.25) is 14.6 Å². The number of benzene rings is 1. The third kappa shape index (κ3) is 3.14. The molecule has 0 fully saturated rings. The molecule has 1 aromatic heterocycles. The van der Waals surface area contributed by atoms with E-state index in [4.69, 9.17) is 0 Å². The molecule has 3 rings (SSSR count). The first-order valence-electron chi connectivity index (χ1n) is 7.32. The number of carbonyl (C=O) groups is 2. The number of rotatable bonds is 3. The number of carbonyl (C=O) groups excluding carboxylic acids is 2. The first-order chi connectivity index (χ1) is 10.7. The van der Waals surface area contributed by atoms with Gasteiger partial charge in [-0.25, -0.2) is 0 Å². The Hall–Kier alpha value is -2.69. The van der Waals surface area contributed by atoms with Crippen molar-refractivity contribution in [1.82, 2.24) is 4.98 Å². The summed E-state index contributed by atoms with van der Waals surface area (Å²) in [5.41, 5.74) is 2.58. The highest BCUT2D eigenvalue weighted by atomic mass is 16.2. The van der Waals surface area contributed by atoms with Gasteiger partial charge in [-0.2, -0.15) is 0 Å². The number of fused-ring (bicyclic) bond motifs is 1. The molecule has 1 N–H and O–H groups in total. The average molecular weight is 295 g/mol. The van der Waals surface area contributed by atoms with Crippen LogP contribution in [0.4, 0.5) is 11.4 Å². The van der Waals surface area contributed by atoms with Crippen LogP contribution in [0.1, 0.15) is 18.4 Å². The van der Waals surface area contributed by atoms with E-state index in [0.717, 1.165) is 24.1 Å². The van der Waals surface area contributed by atoms with Crippen molar-refractivity contribution in [3.63, 3.8) is 0 Å². The lowest BCUT2D eigenvalue weighted by Crippen LogP contribution is -2.37. The van der Waals surface area contributed by atoms with Gasteiger partial charge in [-0.1, -0.05) is 18.2 Å². The number of aryl methyl sites for hydroxylation is 1. The minimum absolute atomic E-state index is 0.00807. The van der Waals surface area contributed by atoms with Gasteiger partial charge in [0.25, 0.3) is 0 Å². The van der Waals surface area contributed by atoms with Crippen LogP contribution in [0.5, 0.6) is 0 Å². The number of aromatic nitrogens is 1. The molecule has 0 radical (unpaired) electrons. The van der Waals surface area contributed by atoms with Crippen LogP contribution in [0.2, 0.25) is 0 Å². The number of nitrogens with one attached hydrogen (secondary N) is 1. The predicted octanol–water partition coefficient (Wildman–Crippen LogP) is 2.39. The summed E-state index contributed by atoms with van der Waals surface area (Å²) >= 11 is 0. The Labute approximate surface area is 129 Å². The monoisotopic (exact) mass is 295 g/mol. The first kappa shape index (κ1) is 14.3. The molecule has 0 bridgehead atoms. The SMILES string of the molecule is O=C(CN1C(=O)CCCc2ccccc21)Nc1cccnc1. The topological polar surface area (TPSA) is 62.3 Å². The van der Waals surface area contributed by atoms with E-state index in [2.05, 4.69) is 10.3 Å². The predicted molar refractivity (Wildman–Crippen MR) is 84.6 cm³/mol. The number of pyridine rings is 1. The van der Waals surface area contributed by atoms with Crippen molar-refractivity contribution < 1.29 is 9.59 Å². The smallest absolute Gasteiger partial charge is 0.244 e. The molecule has 2 aromatic rings. The second-order valence-corrected chi connectivity index (χ2v) is 5.25. The Morgan fingerprint density at radius 1 is 1.18 bits per heavy atom. The van der Waals surface area contributed by atoms with E-state index in [1.807, 2.05) is 24.3 Å². The van der Waals surface area contributed by atoms with E-state index in [-0.39, 0.29) is 18.4 Å². The maximum Gasteiger partial charge on any atom is 0.244 e. The normalized spacial score (nSPS) is 14.2. The summed E-state index contributed by atoms with van der Waals surface area (Å²) in [5, 5.41) is 2.77. The molecule has 112 valence electrons. The number of anilines is 2. The molecule has 0 atom stereocenters. The fraction of sp³-hybridized carbons (Fsp3) is 0.235.